The Morgan fingerprint density at radius 2 is 1.72 bits per heavy atom. The second-order valence-corrected chi connectivity index (χ2v) is 4.52. The summed E-state index contributed by atoms with van der Waals surface area (Å²) in [6.45, 7) is 1.71. The second kappa shape index (κ2) is 7.24. The molecule has 0 aliphatic heterocycles. The molecule has 4 N–H and O–H groups in total. The minimum absolute atomic E-state index is 0.0835. The Morgan fingerprint density at radius 3 is 2.33 bits per heavy atom. The van der Waals surface area contributed by atoms with Crippen LogP contribution in [-0.2, 0) is 6.61 Å². The minimum atomic E-state index is -0.851. The van der Waals surface area contributed by atoms with Gasteiger partial charge in [-0.2, -0.15) is 0 Å². The summed E-state index contributed by atoms with van der Waals surface area (Å²) < 4.78 is 0. The second-order valence-electron chi connectivity index (χ2n) is 4.52. The standard InChI is InChI=1S/C14H22O4/c1-2-3-4-5-6-12(17)14-10(9-15)11(16)7-8-13(14)18/h7-8,12,15-18H,2-6,9H2,1H3/t12-/m1/s1. The van der Waals surface area contributed by atoms with Crippen LogP contribution in [0.4, 0.5) is 0 Å². The highest BCUT2D eigenvalue weighted by Crippen LogP contribution is 2.35. The van der Waals surface area contributed by atoms with Crippen LogP contribution < -0.4 is 0 Å². The van der Waals surface area contributed by atoms with Gasteiger partial charge < -0.3 is 20.4 Å². The molecular weight excluding hydrogens is 232 g/mol. The third-order valence-electron chi connectivity index (χ3n) is 3.13. The molecule has 0 heterocycles. The lowest BCUT2D eigenvalue weighted by molar-refractivity contribution is 0.154. The van der Waals surface area contributed by atoms with Gasteiger partial charge in [-0.25, -0.2) is 0 Å². The fraction of sp³-hybridized carbons (Fsp3) is 0.571. The Morgan fingerprint density at radius 1 is 1.06 bits per heavy atom. The number of phenolic OH excluding ortho intramolecular Hbond substituents is 1. The highest BCUT2D eigenvalue weighted by molar-refractivity contribution is 5.48. The van der Waals surface area contributed by atoms with E-state index in [0.717, 1.165) is 25.7 Å². The number of rotatable bonds is 7. The molecular formula is C14H22O4. The zero-order valence-corrected chi connectivity index (χ0v) is 10.8. The van der Waals surface area contributed by atoms with E-state index >= 15 is 0 Å². The molecule has 1 rings (SSSR count). The first kappa shape index (κ1) is 14.8. The Bertz CT molecular complexity index is 376. The van der Waals surface area contributed by atoms with E-state index in [1.54, 1.807) is 0 Å². The summed E-state index contributed by atoms with van der Waals surface area (Å²) in [5.41, 5.74) is 0.451. The average molecular weight is 254 g/mol. The number of phenols is 2. The first-order chi connectivity index (χ1) is 8.61. The largest absolute Gasteiger partial charge is 0.508 e. The van der Waals surface area contributed by atoms with Crippen LogP contribution in [0.1, 0.15) is 56.3 Å². The minimum Gasteiger partial charge on any atom is -0.508 e. The molecule has 1 atom stereocenters. The number of hydrogen-bond acceptors (Lipinski definition) is 4. The number of aliphatic hydroxyl groups excluding tert-OH is 2. The van der Waals surface area contributed by atoms with Crippen molar-refractivity contribution in [1.29, 1.82) is 0 Å². The average Bonchev–Trinajstić information content (AvgIpc) is 2.36. The van der Waals surface area contributed by atoms with Crippen molar-refractivity contribution < 1.29 is 20.4 Å². The maximum atomic E-state index is 10.1. The molecule has 0 aliphatic rings. The molecule has 0 fully saturated rings. The molecule has 0 aliphatic carbocycles. The van der Waals surface area contributed by atoms with Crippen molar-refractivity contribution in [3.05, 3.63) is 23.3 Å². The molecule has 102 valence electrons. The van der Waals surface area contributed by atoms with E-state index in [4.69, 9.17) is 0 Å². The molecule has 4 heteroatoms. The van der Waals surface area contributed by atoms with Gasteiger partial charge in [-0.3, -0.25) is 0 Å². The molecule has 1 aromatic carbocycles. The predicted molar refractivity (Wildman–Crippen MR) is 69.4 cm³/mol. The maximum absolute atomic E-state index is 10.1. The SMILES string of the molecule is CCCCCC[C@@H](O)c1c(O)ccc(O)c1CO. The molecule has 0 unspecified atom stereocenters. The lowest BCUT2D eigenvalue weighted by atomic mass is 9.96. The zero-order valence-electron chi connectivity index (χ0n) is 10.8. The number of hydrogen-bond donors (Lipinski definition) is 4. The Labute approximate surface area is 108 Å². The van der Waals surface area contributed by atoms with E-state index in [1.807, 2.05) is 0 Å². The third kappa shape index (κ3) is 3.62. The molecule has 0 saturated carbocycles. The zero-order chi connectivity index (χ0) is 13.5. The molecule has 0 bridgehead atoms. The van der Waals surface area contributed by atoms with E-state index in [0.29, 0.717) is 6.42 Å². The summed E-state index contributed by atoms with van der Waals surface area (Å²) >= 11 is 0. The highest BCUT2D eigenvalue weighted by atomic mass is 16.3. The topological polar surface area (TPSA) is 80.9 Å². The van der Waals surface area contributed by atoms with Crippen LogP contribution in [-0.4, -0.2) is 20.4 Å². The molecule has 0 saturated heterocycles. The molecule has 0 spiro atoms. The fourth-order valence-corrected chi connectivity index (χ4v) is 2.09. The smallest absolute Gasteiger partial charge is 0.122 e. The first-order valence-electron chi connectivity index (χ1n) is 6.44. The maximum Gasteiger partial charge on any atom is 0.122 e. The van der Waals surface area contributed by atoms with E-state index < -0.39 is 12.7 Å². The van der Waals surface area contributed by atoms with Crippen LogP contribution in [0.2, 0.25) is 0 Å². The van der Waals surface area contributed by atoms with Crippen LogP contribution in [0, 0.1) is 0 Å². The van der Waals surface area contributed by atoms with Gasteiger partial charge in [-0.1, -0.05) is 32.6 Å². The summed E-state index contributed by atoms with van der Waals surface area (Å²) in [7, 11) is 0. The van der Waals surface area contributed by atoms with Crippen LogP contribution in [0.3, 0.4) is 0 Å². The summed E-state index contributed by atoms with van der Waals surface area (Å²) in [5, 5.41) is 38.6. The molecule has 18 heavy (non-hydrogen) atoms. The van der Waals surface area contributed by atoms with Crippen molar-refractivity contribution in [3.8, 4) is 11.5 Å². The van der Waals surface area contributed by atoms with Crippen LogP contribution in [0.25, 0.3) is 0 Å². The van der Waals surface area contributed by atoms with Gasteiger partial charge in [0, 0.05) is 11.1 Å². The summed E-state index contributed by atoms with van der Waals surface area (Å²) in [4.78, 5) is 0. The number of benzene rings is 1. The Hall–Kier alpha value is -1.26. The number of aromatic hydroxyl groups is 2. The summed E-state index contributed by atoms with van der Waals surface area (Å²) in [5.74, 6) is -0.183. The van der Waals surface area contributed by atoms with Crippen molar-refractivity contribution in [2.45, 2.75) is 51.7 Å². The van der Waals surface area contributed by atoms with Crippen LogP contribution in [0.15, 0.2) is 12.1 Å². The predicted octanol–water partition coefficient (Wildman–Crippen LogP) is 2.59. The van der Waals surface area contributed by atoms with E-state index in [1.165, 1.54) is 12.1 Å². The summed E-state index contributed by atoms with van der Waals surface area (Å²) in [6.07, 6.45) is 3.79. The van der Waals surface area contributed by atoms with Crippen LogP contribution >= 0.6 is 0 Å². The van der Waals surface area contributed by atoms with Gasteiger partial charge in [0.2, 0.25) is 0 Å². The number of unbranched alkanes of at least 4 members (excludes halogenated alkanes) is 3. The van der Waals surface area contributed by atoms with Gasteiger partial charge in [0.1, 0.15) is 11.5 Å². The molecule has 4 nitrogen and oxygen atoms in total. The third-order valence-corrected chi connectivity index (χ3v) is 3.13. The first-order valence-corrected chi connectivity index (χ1v) is 6.44. The fourth-order valence-electron chi connectivity index (χ4n) is 2.09. The van der Waals surface area contributed by atoms with Gasteiger partial charge in [-0.05, 0) is 18.6 Å². The van der Waals surface area contributed by atoms with Crippen LogP contribution in [0.5, 0.6) is 11.5 Å². The number of aliphatic hydroxyl groups is 2. The van der Waals surface area contributed by atoms with Crippen molar-refractivity contribution in [2.24, 2.45) is 0 Å². The molecule has 0 aromatic heterocycles. The van der Waals surface area contributed by atoms with Gasteiger partial charge in [0.05, 0.1) is 12.7 Å². The van der Waals surface area contributed by atoms with Gasteiger partial charge in [0.25, 0.3) is 0 Å². The van der Waals surface area contributed by atoms with Crippen molar-refractivity contribution in [1.82, 2.24) is 0 Å². The van der Waals surface area contributed by atoms with E-state index in [2.05, 4.69) is 6.92 Å². The quantitative estimate of drug-likeness (QED) is 0.445. The van der Waals surface area contributed by atoms with Gasteiger partial charge in [-0.15, -0.1) is 0 Å². The monoisotopic (exact) mass is 254 g/mol. The van der Waals surface area contributed by atoms with Gasteiger partial charge in [0.15, 0.2) is 0 Å². The van der Waals surface area contributed by atoms with E-state index in [-0.39, 0.29) is 22.6 Å². The lowest BCUT2D eigenvalue weighted by Gasteiger charge is -2.17. The summed E-state index contributed by atoms with van der Waals surface area (Å²) in [6, 6.07) is 2.65. The van der Waals surface area contributed by atoms with Gasteiger partial charge >= 0.3 is 0 Å². The molecule has 0 amide bonds. The Kier molecular flexibility index (Phi) is 5.95. The molecule has 0 radical (unpaired) electrons. The van der Waals surface area contributed by atoms with E-state index in [9.17, 15) is 20.4 Å². The van der Waals surface area contributed by atoms with Crippen molar-refractivity contribution in [2.75, 3.05) is 0 Å². The normalized spacial score (nSPS) is 12.6. The lowest BCUT2D eigenvalue weighted by Crippen LogP contribution is -2.03. The van der Waals surface area contributed by atoms with Crippen molar-refractivity contribution in [3.63, 3.8) is 0 Å². The Balaban J connectivity index is 2.77. The highest BCUT2D eigenvalue weighted by Gasteiger charge is 2.19. The van der Waals surface area contributed by atoms with Crippen molar-refractivity contribution >= 4 is 0 Å². The molecule has 1 aromatic rings.